The normalized spacial score (nSPS) is 27.4. The van der Waals surface area contributed by atoms with Crippen molar-refractivity contribution in [1.82, 2.24) is 0 Å². The fourth-order valence-corrected chi connectivity index (χ4v) is 6.26. The molecule has 0 amide bonds. The van der Waals surface area contributed by atoms with Crippen molar-refractivity contribution in [3.8, 4) is 0 Å². The maximum atomic E-state index is 11.7. The van der Waals surface area contributed by atoms with Gasteiger partial charge in [-0.25, -0.2) is 22.8 Å². The van der Waals surface area contributed by atoms with Crippen LogP contribution in [0.4, 0.5) is 0 Å². The summed E-state index contributed by atoms with van der Waals surface area (Å²) in [7, 11) is -29.2. The smallest absolute Gasteiger partial charge is 0.368 e. The van der Waals surface area contributed by atoms with Crippen molar-refractivity contribution in [3.05, 3.63) is 35.9 Å². The van der Waals surface area contributed by atoms with E-state index in [1.165, 1.54) is 24.3 Å². The molecule has 0 aliphatic heterocycles. The molecule has 39 heavy (non-hydrogen) atoms. The van der Waals surface area contributed by atoms with Gasteiger partial charge in [-0.1, -0.05) is 30.3 Å². The van der Waals surface area contributed by atoms with Gasteiger partial charge in [0.2, 0.25) is 0 Å². The molecule has 0 spiro atoms. The van der Waals surface area contributed by atoms with E-state index in [9.17, 15) is 71.8 Å². The van der Waals surface area contributed by atoms with Crippen molar-refractivity contribution in [1.29, 1.82) is 0 Å². The van der Waals surface area contributed by atoms with Gasteiger partial charge in [0.15, 0.2) is 0 Å². The first-order valence-electron chi connectivity index (χ1n) is 9.79. The number of benzene rings is 1. The lowest BCUT2D eigenvalue weighted by Gasteiger charge is -2.48. The predicted molar refractivity (Wildman–Crippen MR) is 120 cm³/mol. The van der Waals surface area contributed by atoms with Gasteiger partial charge in [0.25, 0.3) is 0 Å². The van der Waals surface area contributed by atoms with E-state index in [1.54, 1.807) is 6.07 Å². The first kappa shape index (κ1) is 34.9. The third-order valence-corrected chi connectivity index (χ3v) is 7.11. The topological polar surface area (TPSA) is 343 Å². The third-order valence-electron chi connectivity index (χ3n) is 4.52. The number of rotatable bonds is 13. The van der Waals surface area contributed by atoms with Gasteiger partial charge in [-0.05, 0) is 5.56 Å². The van der Waals surface area contributed by atoms with Crippen LogP contribution in [0.15, 0.2) is 30.3 Å². The standard InChI is InChI=1S/C13H23O21P5/c14-35(15,16)30-9-8(29-6-7-4-2-1-3-5-7)10(31-36(17,18)19)12(33-38(23,24)25)13(34-39(26,27)28)11(9)32-37(20,21)22/h1-5,8-13H,6H2,(H2,14,15,16)(H2,17,18,19)(H2,20,21,22)(H2,23,24,25)(H2,26,27,28)/t8?,9-,10+,11+,12-,13?. The van der Waals surface area contributed by atoms with Gasteiger partial charge in [-0.3, -0.25) is 22.6 Å². The number of hydrogen-bond donors (Lipinski definition) is 10. The largest absolute Gasteiger partial charge is 0.470 e. The van der Waals surface area contributed by atoms with Gasteiger partial charge in [0.05, 0.1) is 6.61 Å². The van der Waals surface area contributed by atoms with E-state index in [4.69, 9.17) is 4.74 Å². The van der Waals surface area contributed by atoms with Crippen LogP contribution in [0.5, 0.6) is 0 Å². The zero-order valence-electron chi connectivity index (χ0n) is 18.8. The molecule has 0 aromatic heterocycles. The molecule has 1 fully saturated rings. The minimum atomic E-state index is -5.88. The molecule has 1 saturated carbocycles. The molecule has 10 N–H and O–H groups in total. The van der Waals surface area contributed by atoms with Gasteiger partial charge in [-0.2, -0.15) is 0 Å². The summed E-state index contributed by atoms with van der Waals surface area (Å²) in [5, 5.41) is 0. The number of hydrogen-bond acceptors (Lipinski definition) is 11. The van der Waals surface area contributed by atoms with Crippen LogP contribution in [0.1, 0.15) is 5.56 Å². The fourth-order valence-electron chi connectivity index (χ4n) is 3.47. The number of ether oxygens (including phenoxy) is 1. The molecule has 2 unspecified atom stereocenters. The molecule has 26 heteroatoms. The van der Waals surface area contributed by atoms with Crippen molar-refractivity contribution >= 4 is 39.1 Å². The molecular weight excluding hydrogens is 647 g/mol. The highest BCUT2D eigenvalue weighted by atomic mass is 31.2. The summed E-state index contributed by atoms with van der Waals surface area (Å²) in [4.78, 5) is 93.8. The van der Waals surface area contributed by atoms with Crippen molar-refractivity contribution in [2.45, 2.75) is 43.2 Å². The Labute approximate surface area is 217 Å². The Kier molecular flexibility index (Phi) is 11.6. The van der Waals surface area contributed by atoms with Gasteiger partial charge < -0.3 is 53.7 Å². The SMILES string of the molecule is O=P(O)(O)OC1[C@@H](OP(=O)(O)O)[C@H](OP(=O)(O)O)C(OCc2ccccc2)[C@H](OP(=O)(O)O)[C@H]1OP(=O)(O)O. The predicted octanol–water partition coefficient (Wildman–Crippen LogP) is -1.03. The van der Waals surface area contributed by atoms with Gasteiger partial charge in [0, 0.05) is 0 Å². The highest BCUT2D eigenvalue weighted by molar-refractivity contribution is 7.47. The molecular formula is C13H23O21P5. The molecule has 0 radical (unpaired) electrons. The van der Waals surface area contributed by atoms with Crippen LogP contribution in [0, 0.1) is 0 Å². The minimum Gasteiger partial charge on any atom is -0.368 e. The molecule has 0 saturated heterocycles. The fraction of sp³-hybridized carbons (Fsp3) is 0.538. The Morgan fingerprint density at radius 3 is 0.974 bits per heavy atom. The van der Waals surface area contributed by atoms with Crippen LogP contribution in [0.3, 0.4) is 0 Å². The maximum absolute atomic E-state index is 11.7. The molecule has 1 aromatic carbocycles. The summed E-state index contributed by atoms with van der Waals surface area (Å²) in [6.45, 7) is -0.636. The van der Waals surface area contributed by atoms with Crippen LogP contribution in [0.25, 0.3) is 0 Å². The Bertz CT molecular complexity index is 1130. The Balaban J connectivity index is 2.81. The quantitative estimate of drug-likeness (QED) is 0.112. The van der Waals surface area contributed by atoms with Crippen molar-refractivity contribution in [2.75, 3.05) is 0 Å². The summed E-state index contributed by atoms with van der Waals surface area (Å²) >= 11 is 0. The highest BCUT2D eigenvalue weighted by Crippen LogP contribution is 2.55. The van der Waals surface area contributed by atoms with Gasteiger partial charge >= 0.3 is 39.1 Å². The molecule has 6 atom stereocenters. The molecule has 1 aliphatic rings. The molecule has 2 rings (SSSR count). The second kappa shape index (κ2) is 12.9. The Morgan fingerprint density at radius 1 is 0.462 bits per heavy atom. The first-order valence-corrected chi connectivity index (χ1v) is 17.4. The third kappa shape index (κ3) is 12.6. The average molecular weight is 670 g/mol. The van der Waals surface area contributed by atoms with Crippen LogP contribution >= 0.6 is 39.1 Å². The summed E-state index contributed by atoms with van der Waals surface area (Å²) in [5.74, 6) is 0. The van der Waals surface area contributed by atoms with Crippen molar-refractivity contribution in [2.24, 2.45) is 0 Å². The van der Waals surface area contributed by atoms with E-state index in [0.29, 0.717) is 0 Å². The Hall–Kier alpha value is -0.270. The van der Waals surface area contributed by atoms with Gasteiger partial charge in [0.1, 0.15) is 36.6 Å². The summed E-state index contributed by atoms with van der Waals surface area (Å²) in [6.07, 6.45) is -16.3. The van der Waals surface area contributed by atoms with Crippen LogP contribution in [-0.2, 0) is 56.8 Å². The second-order valence-electron chi connectivity index (χ2n) is 7.56. The lowest BCUT2D eigenvalue weighted by atomic mass is 9.85. The van der Waals surface area contributed by atoms with E-state index in [0.717, 1.165) is 0 Å². The van der Waals surface area contributed by atoms with E-state index in [2.05, 4.69) is 22.6 Å². The van der Waals surface area contributed by atoms with Crippen molar-refractivity contribution in [3.63, 3.8) is 0 Å². The van der Waals surface area contributed by atoms with E-state index < -0.39 is 82.3 Å². The number of phosphoric ester groups is 5. The summed E-state index contributed by atoms with van der Waals surface area (Å²) < 4.78 is 85.9. The maximum Gasteiger partial charge on any atom is 0.470 e. The van der Waals surface area contributed by atoms with Crippen LogP contribution in [0.2, 0.25) is 0 Å². The molecule has 0 bridgehead atoms. The Morgan fingerprint density at radius 2 is 0.718 bits per heavy atom. The lowest BCUT2D eigenvalue weighted by molar-refractivity contribution is -0.221. The average Bonchev–Trinajstić information content (AvgIpc) is 2.69. The lowest BCUT2D eigenvalue weighted by Crippen LogP contribution is -2.66. The zero-order valence-corrected chi connectivity index (χ0v) is 23.2. The summed E-state index contributed by atoms with van der Waals surface area (Å²) in [5.41, 5.74) is 0.260. The molecule has 1 aliphatic carbocycles. The molecule has 21 nitrogen and oxygen atoms in total. The molecule has 226 valence electrons. The molecule has 1 aromatic rings. The highest BCUT2D eigenvalue weighted by Gasteiger charge is 2.61. The monoisotopic (exact) mass is 670 g/mol. The minimum absolute atomic E-state index is 0.260. The van der Waals surface area contributed by atoms with Crippen LogP contribution < -0.4 is 0 Å². The zero-order chi connectivity index (χ0) is 30.0. The second-order valence-corrected chi connectivity index (χ2v) is 13.5. The summed E-state index contributed by atoms with van der Waals surface area (Å²) in [6, 6.07) is 7.34. The van der Waals surface area contributed by atoms with Crippen molar-refractivity contribution < 1.29 is 99.1 Å². The first-order chi connectivity index (χ1) is 17.4. The van der Waals surface area contributed by atoms with E-state index in [-0.39, 0.29) is 5.56 Å². The van der Waals surface area contributed by atoms with Crippen LogP contribution in [-0.4, -0.2) is 85.6 Å². The van der Waals surface area contributed by atoms with Gasteiger partial charge in [-0.15, -0.1) is 0 Å². The number of phosphoric acid groups is 5. The van der Waals surface area contributed by atoms with E-state index in [1.807, 2.05) is 0 Å². The molecule has 0 heterocycles. The van der Waals surface area contributed by atoms with E-state index >= 15 is 0 Å².